The van der Waals surface area contributed by atoms with Crippen LogP contribution in [0.25, 0.3) is 11.3 Å². The fourth-order valence-corrected chi connectivity index (χ4v) is 2.16. The van der Waals surface area contributed by atoms with Gasteiger partial charge in [-0.1, -0.05) is 12.1 Å². The summed E-state index contributed by atoms with van der Waals surface area (Å²) in [5.41, 5.74) is 7.71. The van der Waals surface area contributed by atoms with Crippen LogP contribution in [0.5, 0.6) is 0 Å². The Labute approximate surface area is 98.8 Å². The van der Waals surface area contributed by atoms with Crippen LogP contribution in [0, 0.1) is 0 Å². The maximum absolute atomic E-state index is 10.6. The van der Waals surface area contributed by atoms with Gasteiger partial charge in [0.15, 0.2) is 5.13 Å². The van der Waals surface area contributed by atoms with E-state index in [4.69, 9.17) is 10.3 Å². The highest BCUT2D eigenvalue weighted by Gasteiger charge is 2.03. The largest absolute Gasteiger partial charge is 0.375 e. The number of aromatic nitrogens is 1. The Balaban J connectivity index is 2.32. The molecule has 0 saturated carbocycles. The Bertz CT molecular complexity index is 527. The second-order valence-corrected chi connectivity index (χ2v) is 4.60. The number of anilines is 2. The first-order valence-electron chi connectivity index (χ1n) is 4.34. The van der Waals surface area contributed by atoms with E-state index in [2.05, 4.69) is 9.71 Å². The SMILES string of the molecule is Nc1nc(-c2cccc(NS(=O)O)c2)cs1. The molecule has 0 saturated heterocycles. The molecule has 0 aliphatic carbocycles. The predicted molar refractivity (Wildman–Crippen MR) is 66.4 cm³/mol. The van der Waals surface area contributed by atoms with Crippen LogP contribution in [-0.4, -0.2) is 13.7 Å². The highest BCUT2D eigenvalue weighted by Crippen LogP contribution is 2.25. The third-order valence-electron chi connectivity index (χ3n) is 1.89. The minimum absolute atomic E-state index is 0.499. The lowest BCUT2D eigenvalue weighted by molar-refractivity contribution is 0.570. The summed E-state index contributed by atoms with van der Waals surface area (Å²) in [7, 11) is 0. The molecule has 2 rings (SSSR count). The smallest absolute Gasteiger partial charge is 0.259 e. The lowest BCUT2D eigenvalue weighted by Gasteiger charge is -2.02. The van der Waals surface area contributed by atoms with Crippen molar-refractivity contribution in [3.63, 3.8) is 0 Å². The Hall–Kier alpha value is -1.44. The van der Waals surface area contributed by atoms with Gasteiger partial charge in [-0.25, -0.2) is 9.19 Å². The summed E-state index contributed by atoms with van der Waals surface area (Å²) in [5.74, 6) is 0. The minimum Gasteiger partial charge on any atom is -0.375 e. The van der Waals surface area contributed by atoms with Crippen molar-refractivity contribution in [1.29, 1.82) is 0 Å². The van der Waals surface area contributed by atoms with Gasteiger partial charge in [0.05, 0.1) is 5.69 Å². The van der Waals surface area contributed by atoms with Crippen LogP contribution >= 0.6 is 11.3 Å². The molecule has 5 nitrogen and oxygen atoms in total. The summed E-state index contributed by atoms with van der Waals surface area (Å²) in [6, 6.07) is 7.08. The molecule has 1 heterocycles. The van der Waals surface area contributed by atoms with Crippen LogP contribution in [0.4, 0.5) is 10.8 Å². The number of hydrogen-bond acceptors (Lipinski definition) is 4. The van der Waals surface area contributed by atoms with Crippen molar-refractivity contribution in [3.8, 4) is 11.3 Å². The van der Waals surface area contributed by atoms with E-state index in [0.29, 0.717) is 10.8 Å². The summed E-state index contributed by atoms with van der Waals surface area (Å²) in [6.07, 6.45) is 0. The first kappa shape index (κ1) is 11.1. The topological polar surface area (TPSA) is 88.2 Å². The van der Waals surface area contributed by atoms with Gasteiger partial charge in [-0.2, -0.15) is 0 Å². The number of thiazole rings is 1. The van der Waals surface area contributed by atoms with E-state index in [1.165, 1.54) is 11.3 Å². The van der Waals surface area contributed by atoms with Crippen LogP contribution < -0.4 is 10.5 Å². The maximum Gasteiger partial charge on any atom is 0.259 e. The summed E-state index contributed by atoms with van der Waals surface area (Å²) in [4.78, 5) is 4.13. The van der Waals surface area contributed by atoms with Gasteiger partial charge in [-0.05, 0) is 12.1 Å². The van der Waals surface area contributed by atoms with Gasteiger partial charge in [0.1, 0.15) is 0 Å². The second kappa shape index (κ2) is 4.60. The van der Waals surface area contributed by atoms with E-state index in [-0.39, 0.29) is 0 Å². The highest BCUT2D eigenvalue weighted by molar-refractivity contribution is 7.80. The zero-order chi connectivity index (χ0) is 11.5. The average molecular weight is 255 g/mol. The molecule has 4 N–H and O–H groups in total. The zero-order valence-electron chi connectivity index (χ0n) is 8.08. The Morgan fingerprint density at radius 1 is 1.50 bits per heavy atom. The molecule has 7 heteroatoms. The molecule has 1 aromatic heterocycles. The number of nitrogens with one attached hydrogen (secondary N) is 1. The summed E-state index contributed by atoms with van der Waals surface area (Å²) >= 11 is -0.713. The van der Waals surface area contributed by atoms with Gasteiger partial charge < -0.3 is 5.73 Å². The third kappa shape index (κ3) is 2.57. The van der Waals surface area contributed by atoms with Crippen LogP contribution in [0.1, 0.15) is 0 Å². The number of benzene rings is 1. The van der Waals surface area contributed by atoms with E-state index >= 15 is 0 Å². The number of hydrogen-bond donors (Lipinski definition) is 3. The van der Waals surface area contributed by atoms with Crippen molar-refractivity contribution >= 4 is 33.4 Å². The van der Waals surface area contributed by atoms with Gasteiger partial charge in [0.2, 0.25) is 0 Å². The van der Waals surface area contributed by atoms with E-state index in [9.17, 15) is 4.21 Å². The highest BCUT2D eigenvalue weighted by atomic mass is 32.2. The van der Waals surface area contributed by atoms with E-state index in [0.717, 1.165) is 11.3 Å². The van der Waals surface area contributed by atoms with Crippen molar-refractivity contribution in [2.75, 3.05) is 10.5 Å². The summed E-state index contributed by atoms with van der Waals surface area (Å²) < 4.78 is 21.7. The maximum atomic E-state index is 10.6. The van der Waals surface area contributed by atoms with E-state index in [1.54, 1.807) is 18.2 Å². The number of nitrogens with two attached hydrogens (primary N) is 1. The van der Waals surface area contributed by atoms with Crippen molar-refractivity contribution in [3.05, 3.63) is 29.6 Å². The van der Waals surface area contributed by atoms with Gasteiger partial charge >= 0.3 is 0 Å². The normalized spacial score (nSPS) is 12.3. The molecule has 1 aromatic carbocycles. The molecule has 0 amide bonds. The lowest BCUT2D eigenvalue weighted by Crippen LogP contribution is -2.01. The fraction of sp³-hybridized carbons (Fsp3) is 0. The molecule has 16 heavy (non-hydrogen) atoms. The number of nitrogen functional groups attached to an aromatic ring is 1. The number of nitrogens with zero attached hydrogens (tertiary/aromatic N) is 1. The lowest BCUT2D eigenvalue weighted by atomic mass is 10.1. The molecule has 0 radical (unpaired) electrons. The Kier molecular flexibility index (Phi) is 3.18. The molecule has 0 spiro atoms. The number of rotatable bonds is 3. The van der Waals surface area contributed by atoms with E-state index in [1.807, 2.05) is 11.4 Å². The summed E-state index contributed by atoms with van der Waals surface area (Å²) in [6.45, 7) is 0. The van der Waals surface area contributed by atoms with Crippen molar-refractivity contribution in [2.45, 2.75) is 0 Å². The molecule has 84 valence electrons. The first-order chi connectivity index (χ1) is 7.65. The third-order valence-corrected chi connectivity index (χ3v) is 2.97. The summed E-state index contributed by atoms with van der Waals surface area (Å²) in [5, 5.41) is 2.34. The van der Waals surface area contributed by atoms with Gasteiger partial charge in [0.25, 0.3) is 11.3 Å². The predicted octanol–water partition coefficient (Wildman–Crippen LogP) is 1.94. The zero-order valence-corrected chi connectivity index (χ0v) is 9.72. The van der Waals surface area contributed by atoms with Crippen LogP contribution in [0.2, 0.25) is 0 Å². The van der Waals surface area contributed by atoms with Crippen molar-refractivity contribution in [1.82, 2.24) is 4.98 Å². The van der Waals surface area contributed by atoms with Crippen molar-refractivity contribution < 1.29 is 8.76 Å². The van der Waals surface area contributed by atoms with Crippen LogP contribution in [-0.2, 0) is 11.3 Å². The van der Waals surface area contributed by atoms with E-state index < -0.39 is 11.3 Å². The molecule has 1 unspecified atom stereocenters. The van der Waals surface area contributed by atoms with Gasteiger partial charge in [-0.15, -0.1) is 11.3 Å². The standard InChI is InChI=1S/C9H9N3O2S2/c10-9-11-8(5-15-9)6-2-1-3-7(4-6)12-16(13)14/h1-5,12H,(H2,10,11)(H,13,14). The Morgan fingerprint density at radius 2 is 2.31 bits per heavy atom. The fourth-order valence-electron chi connectivity index (χ4n) is 1.26. The quantitative estimate of drug-likeness (QED) is 0.731. The molecular formula is C9H9N3O2S2. The molecular weight excluding hydrogens is 246 g/mol. The molecule has 0 aliphatic rings. The van der Waals surface area contributed by atoms with Crippen molar-refractivity contribution in [2.24, 2.45) is 0 Å². The molecule has 0 bridgehead atoms. The monoisotopic (exact) mass is 255 g/mol. The van der Waals surface area contributed by atoms with Gasteiger partial charge in [0, 0.05) is 16.6 Å². The molecule has 0 fully saturated rings. The average Bonchev–Trinajstić information content (AvgIpc) is 2.64. The second-order valence-electron chi connectivity index (χ2n) is 3.00. The molecule has 0 aliphatic heterocycles. The molecule has 1 atom stereocenters. The minimum atomic E-state index is -2.07. The first-order valence-corrected chi connectivity index (χ1v) is 6.33. The Morgan fingerprint density at radius 3 is 2.94 bits per heavy atom. The van der Waals surface area contributed by atoms with Gasteiger partial charge in [-0.3, -0.25) is 9.27 Å². The van der Waals surface area contributed by atoms with Crippen LogP contribution in [0.3, 0.4) is 0 Å². The molecule has 2 aromatic rings. The van der Waals surface area contributed by atoms with Crippen LogP contribution in [0.15, 0.2) is 29.6 Å².